The Hall–Kier alpha value is -0.730. The second kappa shape index (κ2) is 1.23. The van der Waals surface area contributed by atoms with Gasteiger partial charge < -0.3 is 10.1 Å². The summed E-state index contributed by atoms with van der Waals surface area (Å²) in [5.74, 6) is 0. The predicted octanol–water partition coefficient (Wildman–Crippen LogP) is 0.647. The van der Waals surface area contributed by atoms with Crippen LogP contribution in [0.2, 0.25) is 0 Å². The van der Waals surface area contributed by atoms with Gasteiger partial charge in [0.1, 0.15) is 5.60 Å². The molecule has 2 bridgehead atoms. The number of carbonyl (C=O) groups excluding carboxylic acids is 1. The highest BCUT2D eigenvalue weighted by Gasteiger charge is 2.48. The Morgan fingerprint density at radius 3 is 2.78 bits per heavy atom. The summed E-state index contributed by atoms with van der Waals surface area (Å²) >= 11 is 0. The van der Waals surface area contributed by atoms with E-state index in [0.717, 1.165) is 12.8 Å². The lowest BCUT2D eigenvalue weighted by atomic mass is 9.76. The van der Waals surface area contributed by atoms with Crippen LogP contribution < -0.4 is 5.32 Å². The number of alkyl carbamates (subject to hydrolysis) is 1. The average molecular weight is 127 g/mol. The Bertz CT molecular complexity index is 160. The van der Waals surface area contributed by atoms with Gasteiger partial charge in [-0.05, 0) is 6.92 Å². The summed E-state index contributed by atoms with van der Waals surface area (Å²) in [6, 6.07) is 0.399. The fourth-order valence-electron chi connectivity index (χ4n) is 1.59. The van der Waals surface area contributed by atoms with E-state index in [2.05, 4.69) is 5.32 Å². The zero-order valence-corrected chi connectivity index (χ0v) is 5.31. The quantitative estimate of drug-likeness (QED) is 0.518. The molecule has 1 amide bonds. The Kier molecular flexibility index (Phi) is 0.693. The first-order valence-electron chi connectivity index (χ1n) is 3.17. The van der Waals surface area contributed by atoms with Gasteiger partial charge in [-0.1, -0.05) is 0 Å². The number of ether oxygens (including phenoxy) is 1. The first-order chi connectivity index (χ1) is 4.18. The van der Waals surface area contributed by atoms with Crippen LogP contribution in [0.5, 0.6) is 0 Å². The van der Waals surface area contributed by atoms with Crippen LogP contribution in [0.25, 0.3) is 0 Å². The van der Waals surface area contributed by atoms with Gasteiger partial charge >= 0.3 is 6.09 Å². The van der Waals surface area contributed by atoms with Crippen LogP contribution in [0.1, 0.15) is 19.8 Å². The van der Waals surface area contributed by atoms with E-state index in [1.807, 2.05) is 6.92 Å². The minimum absolute atomic E-state index is 0.118. The maximum atomic E-state index is 10.6. The lowest BCUT2D eigenvalue weighted by Gasteiger charge is -2.48. The van der Waals surface area contributed by atoms with Gasteiger partial charge in [0, 0.05) is 18.9 Å². The van der Waals surface area contributed by atoms with Crippen molar-refractivity contribution in [1.82, 2.24) is 5.32 Å². The summed E-state index contributed by atoms with van der Waals surface area (Å²) in [6.07, 6.45) is 1.72. The lowest BCUT2D eigenvalue weighted by molar-refractivity contribution is -0.0847. The molecule has 2 aliphatic heterocycles. The second-order valence-corrected chi connectivity index (χ2v) is 3.09. The van der Waals surface area contributed by atoms with E-state index in [1.165, 1.54) is 0 Å². The molecule has 1 saturated carbocycles. The number of nitrogens with one attached hydrogen (secondary N) is 1. The van der Waals surface area contributed by atoms with Crippen LogP contribution in [0.4, 0.5) is 4.79 Å². The smallest absolute Gasteiger partial charge is 0.407 e. The third kappa shape index (κ3) is 0.605. The number of hydrogen-bond acceptors (Lipinski definition) is 2. The van der Waals surface area contributed by atoms with Crippen LogP contribution in [-0.4, -0.2) is 17.7 Å². The topological polar surface area (TPSA) is 38.3 Å². The van der Waals surface area contributed by atoms with Crippen LogP contribution in [0.15, 0.2) is 0 Å². The van der Waals surface area contributed by atoms with Gasteiger partial charge in [0.05, 0.1) is 0 Å². The molecule has 9 heavy (non-hydrogen) atoms. The SMILES string of the molecule is CC12CC(C1)NC(=O)O2. The zero-order chi connectivity index (χ0) is 6.48. The molecule has 0 aromatic heterocycles. The van der Waals surface area contributed by atoms with E-state index in [9.17, 15) is 4.79 Å². The molecule has 0 spiro atoms. The van der Waals surface area contributed by atoms with Gasteiger partial charge in [-0.25, -0.2) is 4.79 Å². The number of carbonyl (C=O) groups is 1. The predicted molar refractivity (Wildman–Crippen MR) is 31.0 cm³/mol. The number of hydrogen-bond donors (Lipinski definition) is 1. The largest absolute Gasteiger partial charge is 0.443 e. The normalized spacial score (nSPS) is 46.8. The number of rotatable bonds is 0. The molecule has 50 valence electrons. The van der Waals surface area contributed by atoms with Gasteiger partial charge in [0.15, 0.2) is 0 Å². The van der Waals surface area contributed by atoms with E-state index in [-0.39, 0.29) is 11.7 Å². The highest BCUT2D eigenvalue weighted by Crippen LogP contribution is 2.38. The monoisotopic (exact) mass is 127 g/mol. The molecule has 3 heteroatoms. The highest BCUT2D eigenvalue weighted by molar-refractivity contribution is 5.70. The minimum atomic E-state index is -0.250. The van der Waals surface area contributed by atoms with Crippen molar-refractivity contribution in [3.63, 3.8) is 0 Å². The molecule has 0 aromatic rings. The average Bonchev–Trinajstić information content (AvgIpc) is 1.58. The first kappa shape index (κ1) is 5.09. The maximum absolute atomic E-state index is 10.6. The van der Waals surface area contributed by atoms with E-state index < -0.39 is 0 Å². The van der Waals surface area contributed by atoms with Crippen molar-refractivity contribution in [3.8, 4) is 0 Å². The van der Waals surface area contributed by atoms with Gasteiger partial charge in [0.2, 0.25) is 0 Å². The Labute approximate surface area is 53.4 Å². The molecule has 3 fully saturated rings. The van der Waals surface area contributed by atoms with Crippen molar-refractivity contribution in [2.24, 2.45) is 0 Å². The molecule has 1 aliphatic carbocycles. The van der Waals surface area contributed by atoms with E-state index >= 15 is 0 Å². The molecule has 3 nitrogen and oxygen atoms in total. The third-order valence-corrected chi connectivity index (χ3v) is 2.02. The van der Waals surface area contributed by atoms with E-state index in [4.69, 9.17) is 4.74 Å². The lowest BCUT2D eigenvalue weighted by Crippen LogP contribution is -2.62. The molecule has 0 aromatic carbocycles. The van der Waals surface area contributed by atoms with Gasteiger partial charge in [-0.2, -0.15) is 0 Å². The van der Waals surface area contributed by atoms with Crippen LogP contribution in [0.3, 0.4) is 0 Å². The molecule has 3 aliphatic rings. The summed E-state index contributed by atoms with van der Waals surface area (Å²) in [5, 5.41) is 2.71. The van der Waals surface area contributed by atoms with Crippen LogP contribution >= 0.6 is 0 Å². The number of amides is 1. The fourth-order valence-corrected chi connectivity index (χ4v) is 1.59. The Morgan fingerprint density at radius 2 is 2.44 bits per heavy atom. The minimum Gasteiger partial charge on any atom is -0.443 e. The van der Waals surface area contributed by atoms with Crippen molar-refractivity contribution in [2.45, 2.75) is 31.4 Å². The Balaban J connectivity index is 2.14. The summed E-state index contributed by atoms with van der Waals surface area (Å²) < 4.78 is 4.99. The first-order valence-corrected chi connectivity index (χ1v) is 3.17. The standard InChI is InChI=1S/C6H9NO2/c1-6-2-4(3-6)7-5(8)9-6/h4H,2-3H2,1H3,(H,7,8). The molecule has 2 heterocycles. The molecule has 2 saturated heterocycles. The molecule has 0 atom stereocenters. The van der Waals surface area contributed by atoms with Crippen molar-refractivity contribution < 1.29 is 9.53 Å². The highest BCUT2D eigenvalue weighted by atomic mass is 16.6. The van der Waals surface area contributed by atoms with Crippen LogP contribution in [-0.2, 0) is 4.74 Å². The number of fused-ring (bicyclic) bond motifs is 2. The van der Waals surface area contributed by atoms with Crippen LogP contribution in [0, 0.1) is 0 Å². The van der Waals surface area contributed by atoms with E-state index in [0.29, 0.717) is 6.04 Å². The van der Waals surface area contributed by atoms with Crippen molar-refractivity contribution in [2.75, 3.05) is 0 Å². The molecule has 3 rings (SSSR count). The summed E-state index contributed by atoms with van der Waals surface area (Å²) in [4.78, 5) is 10.6. The summed E-state index contributed by atoms with van der Waals surface area (Å²) in [6.45, 7) is 1.97. The van der Waals surface area contributed by atoms with Crippen molar-refractivity contribution in [1.29, 1.82) is 0 Å². The van der Waals surface area contributed by atoms with E-state index in [1.54, 1.807) is 0 Å². The summed E-state index contributed by atoms with van der Waals surface area (Å²) in [7, 11) is 0. The van der Waals surface area contributed by atoms with Gasteiger partial charge in [-0.15, -0.1) is 0 Å². The molecule has 1 N–H and O–H groups in total. The maximum Gasteiger partial charge on any atom is 0.407 e. The fraction of sp³-hybridized carbons (Fsp3) is 0.833. The van der Waals surface area contributed by atoms with Gasteiger partial charge in [0.25, 0.3) is 0 Å². The Morgan fingerprint density at radius 1 is 1.78 bits per heavy atom. The molecular weight excluding hydrogens is 118 g/mol. The van der Waals surface area contributed by atoms with Crippen molar-refractivity contribution >= 4 is 6.09 Å². The third-order valence-electron chi connectivity index (χ3n) is 2.02. The molecular formula is C6H9NO2. The van der Waals surface area contributed by atoms with Crippen molar-refractivity contribution in [3.05, 3.63) is 0 Å². The zero-order valence-electron chi connectivity index (χ0n) is 5.31. The molecule has 0 radical (unpaired) electrons. The molecule has 0 unspecified atom stereocenters. The van der Waals surface area contributed by atoms with Gasteiger partial charge in [-0.3, -0.25) is 0 Å². The summed E-state index contributed by atoms with van der Waals surface area (Å²) in [5.41, 5.74) is -0.118. The second-order valence-electron chi connectivity index (χ2n) is 3.09.